The number of halogens is 1. The molecule has 1 atom stereocenters. The van der Waals surface area contributed by atoms with Gasteiger partial charge in [-0.2, -0.15) is 0 Å². The lowest BCUT2D eigenvalue weighted by atomic mass is 9.78. The monoisotopic (exact) mass is 373 g/mol. The number of benzene rings is 1. The van der Waals surface area contributed by atoms with Crippen LogP contribution >= 0.6 is 0 Å². The van der Waals surface area contributed by atoms with Crippen LogP contribution in [-0.4, -0.2) is 31.0 Å². The molecule has 1 fully saturated rings. The average Bonchev–Trinajstić information content (AvgIpc) is 2.81. The van der Waals surface area contributed by atoms with Crippen molar-refractivity contribution in [2.24, 2.45) is 5.73 Å². The SMILES string of the molecule is CC1(C)OB(c2ccc(OC[C@H](N)CC3=CCCC=C3)cc2F)OC1(C)C. The second kappa shape index (κ2) is 7.78. The summed E-state index contributed by atoms with van der Waals surface area (Å²) >= 11 is 0. The molecule has 2 N–H and O–H groups in total. The Morgan fingerprint density at radius 2 is 1.89 bits per heavy atom. The molecule has 0 radical (unpaired) electrons. The summed E-state index contributed by atoms with van der Waals surface area (Å²) in [6.45, 7) is 8.11. The number of rotatable bonds is 6. The minimum atomic E-state index is -0.726. The number of allylic oxidation sites excluding steroid dienone is 3. The number of nitrogens with two attached hydrogens (primary N) is 1. The average molecular weight is 373 g/mol. The van der Waals surface area contributed by atoms with Gasteiger partial charge in [-0.25, -0.2) is 4.39 Å². The van der Waals surface area contributed by atoms with E-state index in [4.69, 9.17) is 19.8 Å². The molecule has 1 aliphatic heterocycles. The topological polar surface area (TPSA) is 53.7 Å². The van der Waals surface area contributed by atoms with E-state index in [2.05, 4.69) is 18.2 Å². The lowest BCUT2D eigenvalue weighted by Crippen LogP contribution is -2.41. The first-order valence-corrected chi connectivity index (χ1v) is 9.57. The molecule has 1 aromatic carbocycles. The molecule has 4 nitrogen and oxygen atoms in total. The molecule has 0 spiro atoms. The van der Waals surface area contributed by atoms with Crippen molar-refractivity contribution in [3.05, 3.63) is 47.8 Å². The van der Waals surface area contributed by atoms with E-state index in [1.54, 1.807) is 12.1 Å². The van der Waals surface area contributed by atoms with Gasteiger partial charge < -0.3 is 19.8 Å². The second-order valence-corrected chi connectivity index (χ2v) is 8.31. The fourth-order valence-corrected chi connectivity index (χ4v) is 3.14. The fourth-order valence-electron chi connectivity index (χ4n) is 3.14. The van der Waals surface area contributed by atoms with Gasteiger partial charge in [-0.3, -0.25) is 0 Å². The van der Waals surface area contributed by atoms with Crippen molar-refractivity contribution in [3.63, 3.8) is 0 Å². The van der Waals surface area contributed by atoms with Crippen molar-refractivity contribution >= 4 is 12.6 Å². The van der Waals surface area contributed by atoms with Gasteiger partial charge in [0.1, 0.15) is 18.2 Å². The Morgan fingerprint density at radius 1 is 1.19 bits per heavy atom. The van der Waals surface area contributed by atoms with E-state index in [-0.39, 0.29) is 6.04 Å². The van der Waals surface area contributed by atoms with Gasteiger partial charge in [0.15, 0.2) is 0 Å². The zero-order chi connectivity index (χ0) is 19.7. The summed E-state index contributed by atoms with van der Waals surface area (Å²) in [5.74, 6) is 0.0499. The molecule has 0 saturated carbocycles. The zero-order valence-corrected chi connectivity index (χ0v) is 16.6. The van der Waals surface area contributed by atoms with Crippen molar-refractivity contribution in [2.75, 3.05) is 6.61 Å². The Bertz CT molecular complexity index is 729. The summed E-state index contributed by atoms with van der Waals surface area (Å²) in [4.78, 5) is 0. The Labute approximate surface area is 161 Å². The maximum Gasteiger partial charge on any atom is 0.497 e. The molecule has 2 aliphatic rings. The minimum absolute atomic E-state index is 0.134. The Hall–Kier alpha value is -1.63. The van der Waals surface area contributed by atoms with E-state index in [1.165, 1.54) is 11.6 Å². The van der Waals surface area contributed by atoms with Crippen LogP contribution in [0.1, 0.15) is 47.0 Å². The molecule has 1 aliphatic carbocycles. The molecular weight excluding hydrogens is 344 g/mol. The van der Waals surface area contributed by atoms with E-state index >= 15 is 0 Å². The maximum absolute atomic E-state index is 14.6. The molecule has 0 amide bonds. The van der Waals surface area contributed by atoms with Crippen LogP contribution in [0.25, 0.3) is 0 Å². The predicted octanol–water partition coefficient (Wildman–Crippen LogP) is 3.50. The van der Waals surface area contributed by atoms with Gasteiger partial charge in [-0.1, -0.05) is 29.9 Å². The van der Waals surface area contributed by atoms with E-state index in [9.17, 15) is 4.39 Å². The predicted molar refractivity (Wildman–Crippen MR) is 107 cm³/mol. The third-order valence-corrected chi connectivity index (χ3v) is 5.51. The van der Waals surface area contributed by atoms with Crippen LogP contribution in [0, 0.1) is 5.82 Å². The van der Waals surface area contributed by atoms with Crippen molar-refractivity contribution in [3.8, 4) is 5.75 Å². The fraction of sp³-hybridized carbons (Fsp3) is 0.524. The normalized spacial score (nSPS) is 21.9. The van der Waals surface area contributed by atoms with Crippen molar-refractivity contribution < 1.29 is 18.4 Å². The van der Waals surface area contributed by atoms with Crippen LogP contribution < -0.4 is 15.9 Å². The number of hydrogen-bond donors (Lipinski definition) is 1. The third-order valence-electron chi connectivity index (χ3n) is 5.51. The Morgan fingerprint density at radius 3 is 2.48 bits per heavy atom. The molecule has 1 heterocycles. The molecule has 6 heteroatoms. The number of hydrogen-bond acceptors (Lipinski definition) is 4. The maximum atomic E-state index is 14.6. The molecule has 0 unspecified atom stereocenters. The molecule has 27 heavy (non-hydrogen) atoms. The molecule has 3 rings (SSSR count). The van der Waals surface area contributed by atoms with Crippen LogP contribution in [-0.2, 0) is 9.31 Å². The third kappa shape index (κ3) is 4.62. The van der Waals surface area contributed by atoms with Crippen molar-refractivity contribution in [1.29, 1.82) is 0 Å². The van der Waals surface area contributed by atoms with Crippen LogP contribution in [0.15, 0.2) is 42.0 Å². The second-order valence-electron chi connectivity index (χ2n) is 8.31. The lowest BCUT2D eigenvalue weighted by Gasteiger charge is -2.32. The largest absolute Gasteiger partial charge is 0.497 e. The quantitative estimate of drug-likeness (QED) is 0.776. The molecule has 0 bridgehead atoms. The summed E-state index contributed by atoms with van der Waals surface area (Å²) in [6.07, 6.45) is 9.38. The highest BCUT2D eigenvalue weighted by Gasteiger charge is 2.52. The molecule has 1 saturated heterocycles. The first-order valence-electron chi connectivity index (χ1n) is 9.57. The highest BCUT2D eigenvalue weighted by atomic mass is 19.1. The Kier molecular flexibility index (Phi) is 5.80. The standard InChI is InChI=1S/C21H29BFNO3/c1-20(2)21(3,4)27-22(26-20)18-11-10-17(13-19(18)23)25-14-16(24)12-15-8-6-5-7-9-15/h6,8-11,13,16H,5,7,12,14,24H2,1-4H3/t16-/m1/s1. The molecule has 1 aromatic rings. The molecule has 146 valence electrons. The highest BCUT2D eigenvalue weighted by Crippen LogP contribution is 2.36. The summed E-state index contributed by atoms with van der Waals surface area (Å²) in [5, 5.41) is 0. The minimum Gasteiger partial charge on any atom is -0.492 e. The van der Waals surface area contributed by atoms with E-state index in [1.807, 2.05) is 27.7 Å². The van der Waals surface area contributed by atoms with Gasteiger partial charge in [0, 0.05) is 17.6 Å². The van der Waals surface area contributed by atoms with Gasteiger partial charge in [0.05, 0.1) is 11.2 Å². The summed E-state index contributed by atoms with van der Waals surface area (Å²) < 4.78 is 32.1. The number of ether oxygens (including phenoxy) is 1. The summed E-state index contributed by atoms with van der Waals surface area (Å²) in [6, 6.07) is 4.62. The van der Waals surface area contributed by atoms with Gasteiger partial charge in [0.25, 0.3) is 0 Å². The summed E-state index contributed by atoms with van der Waals surface area (Å²) in [7, 11) is -0.726. The van der Waals surface area contributed by atoms with E-state index < -0.39 is 24.1 Å². The zero-order valence-electron chi connectivity index (χ0n) is 16.6. The highest BCUT2D eigenvalue weighted by molar-refractivity contribution is 6.62. The first kappa shape index (κ1) is 20.1. The van der Waals surface area contributed by atoms with Crippen LogP contribution in [0.2, 0.25) is 0 Å². The van der Waals surface area contributed by atoms with E-state index in [0.29, 0.717) is 17.8 Å². The van der Waals surface area contributed by atoms with Crippen molar-refractivity contribution in [1.82, 2.24) is 0 Å². The first-order chi connectivity index (χ1) is 12.7. The smallest absolute Gasteiger partial charge is 0.492 e. The molecular formula is C21H29BFNO3. The van der Waals surface area contributed by atoms with Gasteiger partial charge in [-0.15, -0.1) is 0 Å². The summed E-state index contributed by atoms with van der Waals surface area (Å²) in [5.41, 5.74) is 6.75. The van der Waals surface area contributed by atoms with Gasteiger partial charge in [-0.05, 0) is 53.0 Å². The van der Waals surface area contributed by atoms with Crippen LogP contribution in [0.4, 0.5) is 4.39 Å². The lowest BCUT2D eigenvalue weighted by molar-refractivity contribution is 0.00578. The Balaban J connectivity index is 1.59. The van der Waals surface area contributed by atoms with Crippen LogP contribution in [0.3, 0.4) is 0 Å². The van der Waals surface area contributed by atoms with Gasteiger partial charge in [0.2, 0.25) is 0 Å². The molecule has 0 aromatic heterocycles. The van der Waals surface area contributed by atoms with E-state index in [0.717, 1.165) is 19.3 Å². The van der Waals surface area contributed by atoms with Crippen molar-refractivity contribution in [2.45, 2.75) is 64.2 Å². The van der Waals surface area contributed by atoms with Crippen LogP contribution in [0.5, 0.6) is 5.75 Å². The van der Waals surface area contributed by atoms with Gasteiger partial charge >= 0.3 is 7.12 Å².